The molecule has 0 aromatic heterocycles. The normalized spacial score (nSPS) is 11.2. The standard InChI is InChI=1S/C29H35NO8/c1-4-7-26(32)30-25(29(35)38-24-16-12-22(13-17-24)28(34)36-18-5-2)19-21-10-14-23(15-11-21)37-27(33)9-6-8-20(3)31/h10-17,25H,4-9,18-19H2,1-3H3,(H,30,32). The third-order valence-corrected chi connectivity index (χ3v) is 5.35. The van der Waals surface area contributed by atoms with Crippen LogP contribution in [0, 0.1) is 0 Å². The number of ether oxygens (including phenoxy) is 3. The monoisotopic (exact) mass is 525 g/mol. The summed E-state index contributed by atoms with van der Waals surface area (Å²) in [7, 11) is 0. The fourth-order valence-electron chi connectivity index (χ4n) is 3.40. The molecule has 0 bridgehead atoms. The third kappa shape index (κ3) is 10.9. The molecule has 0 aliphatic rings. The first-order valence-corrected chi connectivity index (χ1v) is 12.8. The predicted octanol–water partition coefficient (Wildman–Crippen LogP) is 4.35. The van der Waals surface area contributed by atoms with Crippen LogP contribution >= 0.6 is 0 Å². The van der Waals surface area contributed by atoms with Gasteiger partial charge >= 0.3 is 17.9 Å². The van der Waals surface area contributed by atoms with Crippen molar-refractivity contribution in [3.8, 4) is 11.5 Å². The molecule has 0 heterocycles. The number of hydrogen-bond donors (Lipinski definition) is 1. The second-order valence-corrected chi connectivity index (χ2v) is 8.83. The van der Waals surface area contributed by atoms with E-state index in [0.29, 0.717) is 49.2 Å². The van der Waals surface area contributed by atoms with Crippen LogP contribution < -0.4 is 14.8 Å². The lowest BCUT2D eigenvalue weighted by molar-refractivity contribution is -0.139. The number of nitrogens with one attached hydrogen (secondary N) is 1. The van der Waals surface area contributed by atoms with Crippen LogP contribution in [0.4, 0.5) is 0 Å². The summed E-state index contributed by atoms with van der Waals surface area (Å²) in [5.74, 6) is -1.24. The first-order valence-electron chi connectivity index (χ1n) is 12.8. The first-order chi connectivity index (χ1) is 18.2. The maximum absolute atomic E-state index is 13.0. The molecule has 204 valence electrons. The van der Waals surface area contributed by atoms with Gasteiger partial charge in [0.2, 0.25) is 5.91 Å². The van der Waals surface area contributed by atoms with Gasteiger partial charge in [0.1, 0.15) is 23.3 Å². The zero-order valence-electron chi connectivity index (χ0n) is 22.1. The molecule has 0 fully saturated rings. The van der Waals surface area contributed by atoms with Gasteiger partial charge in [-0.05, 0) is 68.1 Å². The van der Waals surface area contributed by atoms with Gasteiger partial charge in [-0.2, -0.15) is 0 Å². The number of benzene rings is 2. The molecule has 1 N–H and O–H groups in total. The van der Waals surface area contributed by atoms with Gasteiger partial charge in [-0.25, -0.2) is 9.59 Å². The minimum absolute atomic E-state index is 0.0189. The number of esters is 3. The Morgan fingerprint density at radius 2 is 1.42 bits per heavy atom. The van der Waals surface area contributed by atoms with Crippen LogP contribution in [0.2, 0.25) is 0 Å². The fraction of sp³-hybridized carbons (Fsp3) is 0.414. The highest BCUT2D eigenvalue weighted by Gasteiger charge is 2.23. The Hall–Kier alpha value is -4.01. The summed E-state index contributed by atoms with van der Waals surface area (Å²) in [4.78, 5) is 60.1. The van der Waals surface area contributed by atoms with Crippen LogP contribution in [0.3, 0.4) is 0 Å². The highest BCUT2D eigenvalue weighted by molar-refractivity contribution is 5.90. The average Bonchev–Trinajstić information content (AvgIpc) is 2.88. The van der Waals surface area contributed by atoms with E-state index in [4.69, 9.17) is 14.2 Å². The van der Waals surface area contributed by atoms with Gasteiger partial charge in [0, 0.05) is 25.7 Å². The SMILES string of the molecule is CCCOC(=O)c1ccc(OC(=O)C(Cc2ccc(OC(=O)CCCC(C)=O)cc2)NC(=O)CCC)cc1. The predicted molar refractivity (Wildman–Crippen MR) is 140 cm³/mol. The van der Waals surface area contributed by atoms with Crippen molar-refractivity contribution in [2.75, 3.05) is 6.61 Å². The van der Waals surface area contributed by atoms with Crippen molar-refractivity contribution in [1.29, 1.82) is 0 Å². The lowest BCUT2D eigenvalue weighted by Gasteiger charge is -2.18. The quantitative estimate of drug-likeness (QED) is 0.269. The highest BCUT2D eigenvalue weighted by Crippen LogP contribution is 2.17. The van der Waals surface area contributed by atoms with Crippen LogP contribution in [0.1, 0.15) is 75.2 Å². The van der Waals surface area contributed by atoms with E-state index in [9.17, 15) is 24.0 Å². The Morgan fingerprint density at radius 3 is 2.03 bits per heavy atom. The summed E-state index contributed by atoms with van der Waals surface area (Å²) in [5.41, 5.74) is 1.06. The lowest BCUT2D eigenvalue weighted by atomic mass is 10.1. The van der Waals surface area contributed by atoms with Gasteiger partial charge < -0.3 is 24.3 Å². The van der Waals surface area contributed by atoms with Gasteiger partial charge in [-0.15, -0.1) is 0 Å². The van der Waals surface area contributed by atoms with E-state index < -0.39 is 23.9 Å². The number of ketones is 1. The molecule has 9 heteroatoms. The Morgan fingerprint density at radius 1 is 0.789 bits per heavy atom. The van der Waals surface area contributed by atoms with E-state index in [2.05, 4.69) is 5.32 Å². The molecule has 0 radical (unpaired) electrons. The first kappa shape index (κ1) is 30.2. The Balaban J connectivity index is 2.03. The smallest absolute Gasteiger partial charge is 0.338 e. The second kappa shape index (κ2) is 16.0. The Labute approximate surface area is 222 Å². The molecule has 0 saturated carbocycles. The molecule has 0 aliphatic heterocycles. The van der Waals surface area contributed by atoms with Crippen molar-refractivity contribution < 1.29 is 38.2 Å². The van der Waals surface area contributed by atoms with E-state index in [1.807, 2.05) is 13.8 Å². The molecule has 2 aromatic rings. The molecule has 2 rings (SSSR count). The lowest BCUT2D eigenvalue weighted by Crippen LogP contribution is -2.44. The van der Waals surface area contributed by atoms with Crippen molar-refractivity contribution >= 4 is 29.6 Å². The molecule has 0 spiro atoms. The summed E-state index contributed by atoms with van der Waals surface area (Å²) in [6.45, 7) is 5.55. The van der Waals surface area contributed by atoms with Crippen molar-refractivity contribution in [3.05, 3.63) is 59.7 Å². The van der Waals surface area contributed by atoms with Crippen LogP contribution in [0.5, 0.6) is 11.5 Å². The van der Waals surface area contributed by atoms with Gasteiger partial charge in [0.05, 0.1) is 12.2 Å². The number of rotatable bonds is 15. The van der Waals surface area contributed by atoms with E-state index in [-0.39, 0.29) is 36.7 Å². The largest absolute Gasteiger partial charge is 0.462 e. The van der Waals surface area contributed by atoms with Gasteiger partial charge in [-0.1, -0.05) is 26.0 Å². The molecule has 38 heavy (non-hydrogen) atoms. The number of hydrogen-bond acceptors (Lipinski definition) is 8. The molecule has 9 nitrogen and oxygen atoms in total. The molecular formula is C29H35NO8. The molecule has 0 aliphatic carbocycles. The van der Waals surface area contributed by atoms with Crippen LogP contribution in [0.25, 0.3) is 0 Å². The average molecular weight is 526 g/mol. The number of Topliss-reactive ketones (excluding diaryl/α,β-unsaturated/α-hetero) is 1. The number of carbonyl (C=O) groups excluding carboxylic acids is 5. The zero-order chi connectivity index (χ0) is 27.9. The van der Waals surface area contributed by atoms with E-state index in [0.717, 1.165) is 0 Å². The number of amides is 1. The minimum Gasteiger partial charge on any atom is -0.462 e. The molecule has 1 unspecified atom stereocenters. The zero-order valence-corrected chi connectivity index (χ0v) is 22.1. The Kier molecular flexibility index (Phi) is 12.7. The molecule has 1 atom stereocenters. The van der Waals surface area contributed by atoms with E-state index in [1.54, 1.807) is 24.3 Å². The third-order valence-electron chi connectivity index (χ3n) is 5.35. The summed E-state index contributed by atoms with van der Waals surface area (Å²) in [6.07, 6.45) is 2.64. The molecule has 1 amide bonds. The minimum atomic E-state index is -0.955. The maximum atomic E-state index is 13.0. The topological polar surface area (TPSA) is 125 Å². The maximum Gasteiger partial charge on any atom is 0.338 e. The summed E-state index contributed by atoms with van der Waals surface area (Å²) in [5, 5.41) is 2.72. The van der Waals surface area contributed by atoms with Crippen molar-refractivity contribution in [2.24, 2.45) is 0 Å². The fourth-order valence-corrected chi connectivity index (χ4v) is 3.40. The van der Waals surface area contributed by atoms with Crippen LogP contribution in [-0.2, 0) is 30.3 Å². The van der Waals surface area contributed by atoms with Crippen LogP contribution in [0.15, 0.2) is 48.5 Å². The second-order valence-electron chi connectivity index (χ2n) is 8.83. The van der Waals surface area contributed by atoms with E-state index in [1.165, 1.54) is 31.2 Å². The molecular weight excluding hydrogens is 490 g/mol. The van der Waals surface area contributed by atoms with Crippen molar-refractivity contribution in [2.45, 2.75) is 71.8 Å². The van der Waals surface area contributed by atoms with Crippen molar-refractivity contribution in [3.63, 3.8) is 0 Å². The van der Waals surface area contributed by atoms with Crippen molar-refractivity contribution in [1.82, 2.24) is 5.32 Å². The van der Waals surface area contributed by atoms with Gasteiger partial charge in [-0.3, -0.25) is 9.59 Å². The molecule has 0 saturated heterocycles. The van der Waals surface area contributed by atoms with Gasteiger partial charge in [0.15, 0.2) is 0 Å². The summed E-state index contributed by atoms with van der Waals surface area (Å²) in [6, 6.07) is 11.6. The summed E-state index contributed by atoms with van der Waals surface area (Å²) >= 11 is 0. The van der Waals surface area contributed by atoms with Crippen LogP contribution in [-0.4, -0.2) is 42.2 Å². The molecule has 2 aromatic carbocycles. The summed E-state index contributed by atoms with van der Waals surface area (Å²) < 4.78 is 15.8. The number of carbonyl (C=O) groups is 5. The highest BCUT2D eigenvalue weighted by atomic mass is 16.5. The Bertz CT molecular complexity index is 1090. The van der Waals surface area contributed by atoms with Gasteiger partial charge in [0.25, 0.3) is 0 Å². The van der Waals surface area contributed by atoms with E-state index >= 15 is 0 Å².